The molecule has 1 saturated heterocycles. The monoisotopic (exact) mass is 238 g/mol. The molecule has 1 spiro atoms. The number of hydrogen-bond donors (Lipinski definition) is 1. The normalized spacial score (nSPS) is 23.7. The summed E-state index contributed by atoms with van der Waals surface area (Å²) in [6, 6.07) is 0. The van der Waals surface area contributed by atoms with Gasteiger partial charge in [0, 0.05) is 19.5 Å². The van der Waals surface area contributed by atoms with Crippen molar-refractivity contribution in [1.29, 1.82) is 0 Å². The second kappa shape index (κ2) is 5.17. The molecule has 17 heavy (non-hydrogen) atoms. The highest BCUT2D eigenvalue weighted by molar-refractivity contribution is 6.05. The number of imide groups is 1. The Hall–Kier alpha value is -0.900. The molecule has 0 unspecified atom stereocenters. The summed E-state index contributed by atoms with van der Waals surface area (Å²) >= 11 is 0. The first kappa shape index (κ1) is 12.6. The third-order valence-corrected chi connectivity index (χ3v) is 4.06. The van der Waals surface area contributed by atoms with Crippen LogP contribution in [-0.2, 0) is 9.59 Å². The standard InChI is InChI=1S/C13H22N2O2/c1-2-14-8-9-15-11(16)10-13(12(15)17)6-4-3-5-7-13/h14H,2-10H2,1H3. The molecule has 4 heteroatoms. The number of nitrogens with zero attached hydrogens (tertiary/aromatic N) is 1. The van der Waals surface area contributed by atoms with Crippen molar-refractivity contribution in [2.24, 2.45) is 5.41 Å². The highest BCUT2D eigenvalue weighted by Gasteiger charge is 2.51. The van der Waals surface area contributed by atoms with Gasteiger partial charge in [-0.15, -0.1) is 0 Å². The Balaban J connectivity index is 2.00. The molecule has 2 amide bonds. The van der Waals surface area contributed by atoms with Crippen molar-refractivity contribution in [3.05, 3.63) is 0 Å². The van der Waals surface area contributed by atoms with E-state index in [-0.39, 0.29) is 17.2 Å². The fourth-order valence-electron chi connectivity index (χ4n) is 3.07. The Bertz CT molecular complexity index is 309. The maximum atomic E-state index is 12.4. The van der Waals surface area contributed by atoms with E-state index in [4.69, 9.17) is 0 Å². The molecule has 4 nitrogen and oxygen atoms in total. The van der Waals surface area contributed by atoms with Gasteiger partial charge in [-0.3, -0.25) is 14.5 Å². The van der Waals surface area contributed by atoms with Crippen LogP contribution in [0, 0.1) is 5.41 Å². The van der Waals surface area contributed by atoms with Crippen LogP contribution in [0.15, 0.2) is 0 Å². The largest absolute Gasteiger partial charge is 0.315 e. The van der Waals surface area contributed by atoms with Crippen molar-refractivity contribution < 1.29 is 9.59 Å². The minimum atomic E-state index is -0.318. The summed E-state index contributed by atoms with van der Waals surface area (Å²) in [7, 11) is 0. The summed E-state index contributed by atoms with van der Waals surface area (Å²) < 4.78 is 0. The summed E-state index contributed by atoms with van der Waals surface area (Å²) in [6.45, 7) is 4.15. The molecular weight excluding hydrogens is 216 g/mol. The van der Waals surface area contributed by atoms with Crippen LogP contribution >= 0.6 is 0 Å². The van der Waals surface area contributed by atoms with Crippen LogP contribution in [0.1, 0.15) is 45.4 Å². The van der Waals surface area contributed by atoms with Gasteiger partial charge < -0.3 is 5.32 Å². The second-order valence-electron chi connectivity index (χ2n) is 5.22. The number of likely N-dealkylation sites (tertiary alicyclic amines) is 1. The molecule has 1 saturated carbocycles. The molecule has 0 radical (unpaired) electrons. The van der Waals surface area contributed by atoms with Gasteiger partial charge >= 0.3 is 0 Å². The van der Waals surface area contributed by atoms with E-state index in [1.165, 1.54) is 11.3 Å². The van der Waals surface area contributed by atoms with Crippen LogP contribution in [0.4, 0.5) is 0 Å². The van der Waals surface area contributed by atoms with Crippen molar-refractivity contribution in [2.45, 2.75) is 45.4 Å². The lowest BCUT2D eigenvalue weighted by molar-refractivity contribution is -0.142. The van der Waals surface area contributed by atoms with Crippen LogP contribution in [0.3, 0.4) is 0 Å². The summed E-state index contributed by atoms with van der Waals surface area (Å²) in [5, 5.41) is 3.16. The van der Waals surface area contributed by atoms with Crippen LogP contribution in [0.5, 0.6) is 0 Å². The SMILES string of the molecule is CCNCCN1C(=O)CC2(CCCCC2)C1=O. The van der Waals surface area contributed by atoms with E-state index in [1.807, 2.05) is 6.92 Å². The van der Waals surface area contributed by atoms with Gasteiger partial charge in [0.1, 0.15) is 0 Å². The van der Waals surface area contributed by atoms with Crippen LogP contribution in [0.25, 0.3) is 0 Å². The Kier molecular flexibility index (Phi) is 3.82. The summed E-state index contributed by atoms with van der Waals surface area (Å²) in [5.74, 6) is 0.134. The first-order chi connectivity index (χ1) is 8.19. The van der Waals surface area contributed by atoms with E-state index in [9.17, 15) is 9.59 Å². The van der Waals surface area contributed by atoms with Gasteiger partial charge in [-0.05, 0) is 19.4 Å². The average molecular weight is 238 g/mol. The van der Waals surface area contributed by atoms with Gasteiger partial charge in [-0.2, -0.15) is 0 Å². The van der Waals surface area contributed by atoms with Crippen molar-refractivity contribution in [1.82, 2.24) is 10.2 Å². The number of likely N-dealkylation sites (N-methyl/N-ethyl adjacent to an activating group) is 1. The zero-order valence-corrected chi connectivity index (χ0v) is 10.6. The maximum Gasteiger partial charge on any atom is 0.235 e. The van der Waals surface area contributed by atoms with Gasteiger partial charge in [0.05, 0.1) is 5.41 Å². The molecule has 0 bridgehead atoms. The predicted octanol–water partition coefficient (Wildman–Crippen LogP) is 1.31. The molecular formula is C13H22N2O2. The van der Waals surface area contributed by atoms with Gasteiger partial charge in [0.15, 0.2) is 0 Å². The molecule has 96 valence electrons. The van der Waals surface area contributed by atoms with Crippen molar-refractivity contribution in [3.63, 3.8) is 0 Å². The second-order valence-corrected chi connectivity index (χ2v) is 5.22. The van der Waals surface area contributed by atoms with Gasteiger partial charge in [0.2, 0.25) is 11.8 Å². The highest BCUT2D eigenvalue weighted by Crippen LogP contribution is 2.45. The van der Waals surface area contributed by atoms with E-state index in [0.29, 0.717) is 19.5 Å². The molecule has 1 N–H and O–H groups in total. The molecule has 1 aliphatic heterocycles. The van der Waals surface area contributed by atoms with E-state index >= 15 is 0 Å². The van der Waals surface area contributed by atoms with E-state index < -0.39 is 0 Å². The number of carbonyl (C=O) groups is 2. The minimum Gasteiger partial charge on any atom is -0.315 e. The summed E-state index contributed by atoms with van der Waals surface area (Å²) in [4.78, 5) is 25.8. The molecule has 0 atom stereocenters. The lowest BCUT2D eigenvalue weighted by Gasteiger charge is -2.30. The molecule has 2 fully saturated rings. The van der Waals surface area contributed by atoms with Crippen LogP contribution in [0.2, 0.25) is 0 Å². The third kappa shape index (κ3) is 2.37. The molecule has 1 heterocycles. The van der Waals surface area contributed by atoms with Crippen LogP contribution in [-0.4, -0.2) is 36.3 Å². The lowest BCUT2D eigenvalue weighted by atomic mass is 9.73. The maximum absolute atomic E-state index is 12.4. The minimum absolute atomic E-state index is 0.0369. The Morgan fingerprint density at radius 1 is 1.24 bits per heavy atom. The zero-order chi connectivity index (χ0) is 12.3. The molecule has 2 rings (SSSR count). The van der Waals surface area contributed by atoms with Crippen molar-refractivity contribution in [3.8, 4) is 0 Å². The Labute approximate surface area is 103 Å². The first-order valence-electron chi connectivity index (χ1n) is 6.75. The Morgan fingerprint density at radius 2 is 1.94 bits per heavy atom. The van der Waals surface area contributed by atoms with Crippen molar-refractivity contribution in [2.75, 3.05) is 19.6 Å². The predicted molar refractivity (Wildman–Crippen MR) is 65.4 cm³/mol. The van der Waals surface area contributed by atoms with Crippen molar-refractivity contribution >= 4 is 11.8 Å². The fraction of sp³-hybridized carbons (Fsp3) is 0.846. The molecule has 0 aromatic heterocycles. The first-order valence-corrected chi connectivity index (χ1v) is 6.75. The zero-order valence-electron chi connectivity index (χ0n) is 10.6. The topological polar surface area (TPSA) is 49.4 Å². The number of carbonyl (C=O) groups excluding carboxylic acids is 2. The Morgan fingerprint density at radius 3 is 2.59 bits per heavy atom. The molecule has 1 aliphatic carbocycles. The third-order valence-electron chi connectivity index (χ3n) is 4.06. The lowest BCUT2D eigenvalue weighted by Crippen LogP contribution is -2.40. The summed E-state index contributed by atoms with van der Waals surface area (Å²) in [5.41, 5.74) is -0.318. The van der Waals surface area contributed by atoms with E-state index in [2.05, 4.69) is 5.32 Å². The van der Waals surface area contributed by atoms with Gasteiger partial charge in [-0.25, -0.2) is 0 Å². The summed E-state index contributed by atoms with van der Waals surface area (Å²) in [6.07, 6.45) is 5.68. The van der Waals surface area contributed by atoms with E-state index in [1.54, 1.807) is 0 Å². The van der Waals surface area contributed by atoms with Crippen LogP contribution < -0.4 is 5.32 Å². The molecule has 0 aromatic carbocycles. The quantitative estimate of drug-likeness (QED) is 0.593. The number of rotatable bonds is 4. The van der Waals surface area contributed by atoms with Gasteiger partial charge in [-0.1, -0.05) is 26.2 Å². The average Bonchev–Trinajstić information content (AvgIpc) is 2.55. The number of amides is 2. The van der Waals surface area contributed by atoms with Gasteiger partial charge in [0.25, 0.3) is 0 Å². The molecule has 0 aromatic rings. The fourth-order valence-corrected chi connectivity index (χ4v) is 3.07. The number of nitrogens with one attached hydrogen (secondary N) is 1. The van der Waals surface area contributed by atoms with E-state index in [0.717, 1.165) is 32.2 Å². The molecule has 2 aliphatic rings. The highest BCUT2D eigenvalue weighted by atomic mass is 16.2. The number of hydrogen-bond acceptors (Lipinski definition) is 3. The smallest absolute Gasteiger partial charge is 0.235 e.